The van der Waals surface area contributed by atoms with Crippen molar-refractivity contribution in [3.63, 3.8) is 0 Å². The minimum absolute atomic E-state index is 0.191. The number of pyridine rings is 1. The Kier molecular flexibility index (Phi) is 4.88. The van der Waals surface area contributed by atoms with Gasteiger partial charge in [-0.1, -0.05) is 6.07 Å². The van der Waals surface area contributed by atoms with Gasteiger partial charge in [-0.15, -0.1) is 0 Å². The fourth-order valence-corrected chi connectivity index (χ4v) is 3.14. The van der Waals surface area contributed by atoms with Gasteiger partial charge in [-0.2, -0.15) is 10.2 Å². The number of anilines is 1. The van der Waals surface area contributed by atoms with Crippen molar-refractivity contribution in [2.75, 3.05) is 11.9 Å². The van der Waals surface area contributed by atoms with Crippen molar-refractivity contribution < 1.29 is 9.59 Å². The van der Waals surface area contributed by atoms with Gasteiger partial charge < -0.3 is 10.6 Å². The predicted molar refractivity (Wildman–Crippen MR) is 103 cm³/mol. The lowest BCUT2D eigenvalue weighted by atomic mass is 10.2. The molecule has 0 radical (unpaired) electrons. The van der Waals surface area contributed by atoms with Crippen LogP contribution < -0.4 is 10.6 Å². The van der Waals surface area contributed by atoms with Gasteiger partial charge in [-0.05, 0) is 31.4 Å². The van der Waals surface area contributed by atoms with E-state index in [1.165, 1.54) is 4.68 Å². The Bertz CT molecular complexity index is 1020. The molecule has 0 saturated carbocycles. The Morgan fingerprint density at radius 2 is 1.89 bits per heavy atom. The largest absolute Gasteiger partial charge is 0.351 e. The highest BCUT2D eigenvalue weighted by Gasteiger charge is 2.19. The van der Waals surface area contributed by atoms with Crippen LogP contribution in [0, 0.1) is 0 Å². The molecule has 28 heavy (non-hydrogen) atoms. The molecule has 0 saturated heterocycles. The van der Waals surface area contributed by atoms with E-state index < -0.39 is 5.91 Å². The summed E-state index contributed by atoms with van der Waals surface area (Å²) in [5, 5.41) is 14.2. The third kappa shape index (κ3) is 3.78. The standard InChI is InChI=1S/C19H21N7O2/c1-25-12-16-17(24-25)19(28)20-8-3-2-4-9-26-11-13(10-21-26)14-6-5-7-15(22-14)18(27)23-16/h5-7,10-12H,2-4,8-9H2,1H3,(H,20,28)(H,23,27). The first-order chi connectivity index (χ1) is 13.6. The highest BCUT2D eigenvalue weighted by atomic mass is 16.2. The molecule has 3 aromatic rings. The molecule has 144 valence electrons. The predicted octanol–water partition coefficient (Wildman–Crippen LogP) is 1.84. The number of hydrogen-bond acceptors (Lipinski definition) is 5. The summed E-state index contributed by atoms with van der Waals surface area (Å²) >= 11 is 0. The number of fused-ring (bicyclic) bond motifs is 6. The van der Waals surface area contributed by atoms with E-state index in [4.69, 9.17) is 0 Å². The molecule has 0 unspecified atom stereocenters. The lowest BCUT2D eigenvalue weighted by Gasteiger charge is -2.07. The molecule has 9 heteroatoms. The third-order valence-electron chi connectivity index (χ3n) is 4.55. The Balaban J connectivity index is 1.68. The van der Waals surface area contributed by atoms with Gasteiger partial charge in [0.2, 0.25) is 0 Å². The van der Waals surface area contributed by atoms with Gasteiger partial charge in [0, 0.05) is 38.1 Å². The van der Waals surface area contributed by atoms with Crippen molar-refractivity contribution in [3.8, 4) is 11.3 Å². The Hall–Kier alpha value is -3.49. The molecule has 1 aliphatic rings. The number of carbonyl (C=O) groups is 2. The normalized spacial score (nSPS) is 15.3. The monoisotopic (exact) mass is 379 g/mol. The highest BCUT2D eigenvalue weighted by molar-refractivity contribution is 6.07. The zero-order valence-electron chi connectivity index (χ0n) is 15.6. The van der Waals surface area contributed by atoms with Crippen LogP contribution >= 0.6 is 0 Å². The van der Waals surface area contributed by atoms with Gasteiger partial charge in [-0.25, -0.2) is 4.98 Å². The molecule has 4 heterocycles. The Morgan fingerprint density at radius 1 is 1.04 bits per heavy atom. The van der Waals surface area contributed by atoms with Crippen molar-refractivity contribution in [2.45, 2.75) is 25.8 Å². The third-order valence-corrected chi connectivity index (χ3v) is 4.55. The van der Waals surface area contributed by atoms with Crippen LogP contribution in [-0.2, 0) is 13.6 Å². The fourth-order valence-electron chi connectivity index (χ4n) is 3.14. The summed E-state index contributed by atoms with van der Waals surface area (Å²) < 4.78 is 3.38. The average Bonchev–Trinajstić information content (AvgIpc) is 3.30. The SMILES string of the molecule is Cn1cc2c(n1)C(=O)NCCCCCn1cc(cn1)-c1cccc(n1)C(=O)N2. The molecule has 2 N–H and O–H groups in total. The van der Waals surface area contributed by atoms with Crippen LogP contribution in [0.2, 0.25) is 0 Å². The second-order valence-corrected chi connectivity index (χ2v) is 6.74. The van der Waals surface area contributed by atoms with Crippen molar-refractivity contribution >= 4 is 17.5 Å². The fraction of sp³-hybridized carbons (Fsp3) is 0.316. The molecule has 0 aliphatic carbocycles. The van der Waals surface area contributed by atoms with E-state index in [-0.39, 0.29) is 17.3 Å². The highest BCUT2D eigenvalue weighted by Crippen LogP contribution is 2.19. The van der Waals surface area contributed by atoms with Gasteiger partial charge in [0.05, 0.1) is 17.6 Å². The minimum Gasteiger partial charge on any atom is -0.351 e. The lowest BCUT2D eigenvalue weighted by Crippen LogP contribution is -2.26. The number of aromatic nitrogens is 5. The number of aryl methyl sites for hydroxylation is 2. The number of amides is 2. The van der Waals surface area contributed by atoms with Crippen LogP contribution in [0.4, 0.5) is 5.69 Å². The molecule has 4 bridgehead atoms. The first kappa shape index (κ1) is 17.9. The van der Waals surface area contributed by atoms with Crippen LogP contribution in [0.3, 0.4) is 0 Å². The molecule has 0 aromatic carbocycles. The summed E-state index contributed by atoms with van der Waals surface area (Å²) in [5.41, 5.74) is 2.33. The smallest absolute Gasteiger partial charge is 0.274 e. The summed E-state index contributed by atoms with van der Waals surface area (Å²) in [5.74, 6) is -0.709. The van der Waals surface area contributed by atoms with E-state index in [2.05, 4.69) is 25.8 Å². The molecule has 0 fully saturated rings. The van der Waals surface area contributed by atoms with E-state index in [1.807, 2.05) is 16.9 Å². The first-order valence-electron chi connectivity index (χ1n) is 9.23. The van der Waals surface area contributed by atoms with E-state index in [0.717, 1.165) is 31.4 Å². The van der Waals surface area contributed by atoms with E-state index in [9.17, 15) is 9.59 Å². The molecule has 4 rings (SSSR count). The topological polar surface area (TPSA) is 107 Å². The maximum Gasteiger partial charge on any atom is 0.274 e. The quantitative estimate of drug-likeness (QED) is 0.620. The van der Waals surface area contributed by atoms with Gasteiger partial charge in [0.1, 0.15) is 5.69 Å². The minimum atomic E-state index is -0.402. The van der Waals surface area contributed by atoms with Crippen LogP contribution in [-0.4, -0.2) is 42.9 Å². The summed E-state index contributed by atoms with van der Waals surface area (Å²) in [4.78, 5) is 29.6. The van der Waals surface area contributed by atoms with E-state index in [1.54, 1.807) is 31.6 Å². The number of hydrogen-bond donors (Lipinski definition) is 2. The van der Waals surface area contributed by atoms with Crippen molar-refractivity contribution in [3.05, 3.63) is 48.2 Å². The van der Waals surface area contributed by atoms with Gasteiger partial charge >= 0.3 is 0 Å². The molecule has 0 spiro atoms. The Labute approximate surface area is 161 Å². The summed E-state index contributed by atoms with van der Waals surface area (Å²) in [6.07, 6.45) is 8.08. The van der Waals surface area contributed by atoms with Gasteiger partial charge in [0.25, 0.3) is 11.8 Å². The van der Waals surface area contributed by atoms with E-state index >= 15 is 0 Å². The first-order valence-corrected chi connectivity index (χ1v) is 9.23. The van der Waals surface area contributed by atoms with Gasteiger partial charge in [0.15, 0.2) is 5.69 Å². The molecule has 9 nitrogen and oxygen atoms in total. The maximum absolute atomic E-state index is 12.7. The number of nitrogens with one attached hydrogen (secondary N) is 2. The van der Waals surface area contributed by atoms with Crippen molar-refractivity contribution in [1.82, 2.24) is 29.9 Å². The second kappa shape index (κ2) is 7.63. The van der Waals surface area contributed by atoms with Crippen LogP contribution in [0.25, 0.3) is 11.3 Å². The van der Waals surface area contributed by atoms with Crippen LogP contribution in [0.1, 0.15) is 40.2 Å². The Morgan fingerprint density at radius 3 is 2.79 bits per heavy atom. The summed E-state index contributed by atoms with van der Waals surface area (Å²) in [6.45, 7) is 1.34. The number of rotatable bonds is 0. The van der Waals surface area contributed by atoms with Crippen LogP contribution in [0.15, 0.2) is 36.8 Å². The number of carbonyl (C=O) groups excluding carboxylic acids is 2. The zero-order chi connectivity index (χ0) is 19.5. The van der Waals surface area contributed by atoms with Crippen molar-refractivity contribution in [1.29, 1.82) is 0 Å². The molecule has 3 aromatic heterocycles. The number of nitrogens with zero attached hydrogens (tertiary/aromatic N) is 5. The summed E-state index contributed by atoms with van der Waals surface area (Å²) in [6, 6.07) is 5.25. The lowest BCUT2D eigenvalue weighted by molar-refractivity contribution is 0.0948. The molecule has 2 amide bonds. The van der Waals surface area contributed by atoms with Gasteiger partial charge in [-0.3, -0.25) is 19.0 Å². The van der Waals surface area contributed by atoms with E-state index in [0.29, 0.717) is 17.9 Å². The molecule has 0 atom stereocenters. The summed E-state index contributed by atoms with van der Waals surface area (Å²) in [7, 11) is 1.70. The van der Waals surface area contributed by atoms with Crippen LogP contribution in [0.5, 0.6) is 0 Å². The zero-order valence-corrected chi connectivity index (χ0v) is 15.6. The average molecular weight is 379 g/mol. The molecule has 1 aliphatic heterocycles. The second-order valence-electron chi connectivity index (χ2n) is 6.74. The molecular formula is C19H21N7O2. The molecular weight excluding hydrogens is 358 g/mol. The maximum atomic E-state index is 12.7. The van der Waals surface area contributed by atoms with Crippen molar-refractivity contribution in [2.24, 2.45) is 7.05 Å².